The Balaban J connectivity index is 1.74. The van der Waals surface area contributed by atoms with Crippen molar-refractivity contribution in [2.75, 3.05) is 33.4 Å². The van der Waals surface area contributed by atoms with Gasteiger partial charge in [0.05, 0.1) is 32.3 Å². The van der Waals surface area contributed by atoms with Gasteiger partial charge in [-0.25, -0.2) is 9.79 Å². The van der Waals surface area contributed by atoms with Crippen molar-refractivity contribution in [1.29, 1.82) is 0 Å². The van der Waals surface area contributed by atoms with Gasteiger partial charge in [-0.2, -0.15) is 0 Å². The first-order chi connectivity index (χ1) is 19.4. The molecule has 2 aromatic rings. The van der Waals surface area contributed by atoms with E-state index in [-0.39, 0.29) is 38.0 Å². The summed E-state index contributed by atoms with van der Waals surface area (Å²) in [6.07, 6.45) is -3.51. The van der Waals surface area contributed by atoms with E-state index in [1.54, 1.807) is 26.0 Å². The number of aliphatic hydroxyl groups is 1. The second-order valence-corrected chi connectivity index (χ2v) is 9.63. The number of aliphatic imine (C=N–C) groups is 1. The zero-order chi connectivity index (χ0) is 30.2. The quantitative estimate of drug-likeness (QED) is 0.212. The largest absolute Gasteiger partial charge is 0.573 e. The van der Waals surface area contributed by atoms with E-state index in [4.69, 9.17) is 21.1 Å². The minimum atomic E-state index is -4.81. The lowest BCUT2D eigenvalue weighted by Gasteiger charge is -2.39. The fourth-order valence-corrected chi connectivity index (χ4v) is 4.16. The number of rotatable bonds is 11. The molecule has 1 aliphatic heterocycles. The molecule has 9 nitrogen and oxygen atoms in total. The van der Waals surface area contributed by atoms with Crippen LogP contribution in [0.3, 0.4) is 0 Å². The van der Waals surface area contributed by atoms with Gasteiger partial charge >= 0.3 is 12.4 Å². The molecule has 222 valence electrons. The van der Waals surface area contributed by atoms with Crippen LogP contribution in [-0.2, 0) is 9.53 Å². The number of urea groups is 1. The van der Waals surface area contributed by atoms with Crippen LogP contribution in [0.5, 0.6) is 11.5 Å². The summed E-state index contributed by atoms with van der Waals surface area (Å²) in [5.41, 5.74) is 1.43. The second kappa shape index (κ2) is 14.2. The topological polar surface area (TPSA) is 101 Å². The summed E-state index contributed by atoms with van der Waals surface area (Å²) in [6.45, 7) is 3.18. The zero-order valence-corrected chi connectivity index (χ0v) is 23.5. The summed E-state index contributed by atoms with van der Waals surface area (Å²) < 4.78 is 52.9. The van der Waals surface area contributed by atoms with Gasteiger partial charge in [-0.15, -0.1) is 13.2 Å². The Labute approximate surface area is 240 Å². The van der Waals surface area contributed by atoms with Crippen molar-refractivity contribution in [3.8, 4) is 11.5 Å². The number of aliphatic hydroxyl groups excluding tert-OH is 1. The first-order valence-corrected chi connectivity index (χ1v) is 13.1. The maximum absolute atomic E-state index is 12.8. The van der Waals surface area contributed by atoms with E-state index in [0.29, 0.717) is 17.0 Å². The standard InChI is InChI=1S/C28H31ClF3N3O6/c1-18(16-20-8-10-21(29)11-9-20)25(33-24-19(2)26(37)35(12-13-36)27(38)34(24)3)40-15-5-14-39-22-6-4-7-23(17-22)41-28(30,31)32/h4,6-11,16-17,19,24,36H,5,12-15H2,1-3H3/b18-16-,33-25?. The SMILES string of the molecule is C/C(=C/c1ccc(Cl)cc1)C(=NC1C(C)C(=O)N(CCO)C(=O)N1C)OCCCOc1cccc(OC(F)(F)F)c1. The molecule has 0 spiro atoms. The van der Waals surface area contributed by atoms with Crippen LogP contribution in [0.4, 0.5) is 18.0 Å². The summed E-state index contributed by atoms with van der Waals surface area (Å²) in [5.74, 6) is -1.17. The van der Waals surface area contributed by atoms with Crippen molar-refractivity contribution in [3.63, 3.8) is 0 Å². The minimum absolute atomic E-state index is 0.118. The van der Waals surface area contributed by atoms with Gasteiger partial charge in [-0.1, -0.05) is 29.8 Å². The van der Waals surface area contributed by atoms with E-state index in [1.165, 1.54) is 30.1 Å². The Morgan fingerprint density at radius 1 is 1.12 bits per heavy atom. The van der Waals surface area contributed by atoms with Crippen LogP contribution in [0.2, 0.25) is 5.02 Å². The van der Waals surface area contributed by atoms with E-state index in [0.717, 1.165) is 16.5 Å². The summed E-state index contributed by atoms with van der Waals surface area (Å²) in [7, 11) is 1.52. The molecule has 2 aromatic carbocycles. The second-order valence-electron chi connectivity index (χ2n) is 9.20. The van der Waals surface area contributed by atoms with Crippen LogP contribution in [0.1, 0.15) is 25.8 Å². The monoisotopic (exact) mass is 597 g/mol. The van der Waals surface area contributed by atoms with Crippen LogP contribution in [0, 0.1) is 5.92 Å². The van der Waals surface area contributed by atoms with Gasteiger partial charge in [0.25, 0.3) is 0 Å². The Kier molecular flexibility index (Phi) is 11.0. The number of carbonyl (C=O) groups excluding carboxylic acids is 2. The molecular formula is C28H31ClF3N3O6. The summed E-state index contributed by atoms with van der Waals surface area (Å²) in [6, 6.07) is 11.7. The molecule has 41 heavy (non-hydrogen) atoms. The maximum atomic E-state index is 12.8. The van der Waals surface area contributed by atoms with Gasteiger partial charge in [0, 0.05) is 30.1 Å². The molecule has 13 heteroatoms. The molecule has 0 radical (unpaired) electrons. The van der Waals surface area contributed by atoms with Gasteiger partial charge in [-0.3, -0.25) is 9.69 Å². The fourth-order valence-electron chi connectivity index (χ4n) is 4.03. The maximum Gasteiger partial charge on any atom is 0.573 e. The molecule has 0 bridgehead atoms. The lowest BCUT2D eigenvalue weighted by atomic mass is 10.0. The molecule has 0 aliphatic carbocycles. The van der Waals surface area contributed by atoms with Gasteiger partial charge in [-0.05, 0) is 49.8 Å². The van der Waals surface area contributed by atoms with Crippen LogP contribution < -0.4 is 9.47 Å². The number of alkyl halides is 3. The molecule has 2 unspecified atom stereocenters. The number of halogens is 4. The first-order valence-electron chi connectivity index (χ1n) is 12.7. The third-order valence-corrected chi connectivity index (χ3v) is 6.28. The molecular weight excluding hydrogens is 567 g/mol. The first kappa shape index (κ1) is 31.8. The van der Waals surface area contributed by atoms with Crippen molar-refractivity contribution < 1.29 is 42.1 Å². The van der Waals surface area contributed by atoms with Gasteiger partial charge < -0.3 is 24.2 Å². The number of hydrogen-bond donors (Lipinski definition) is 1. The number of carbonyl (C=O) groups is 2. The summed E-state index contributed by atoms with van der Waals surface area (Å²) in [4.78, 5) is 32.6. The van der Waals surface area contributed by atoms with E-state index in [9.17, 15) is 27.9 Å². The number of imide groups is 1. The molecule has 1 fully saturated rings. The van der Waals surface area contributed by atoms with E-state index < -0.39 is 36.1 Å². The van der Waals surface area contributed by atoms with Crippen LogP contribution >= 0.6 is 11.6 Å². The Hall–Kier alpha value is -3.77. The smallest absolute Gasteiger partial charge is 0.493 e. The Morgan fingerprint density at radius 2 is 1.80 bits per heavy atom. The number of β-amino-alcohol motifs (C(OH)–C–C–N with tert-alkyl or cyclic N) is 1. The van der Waals surface area contributed by atoms with Crippen LogP contribution in [0.15, 0.2) is 59.1 Å². The predicted octanol–water partition coefficient (Wildman–Crippen LogP) is 5.37. The number of hydrogen-bond acceptors (Lipinski definition) is 7. The molecule has 0 saturated carbocycles. The fraction of sp³-hybridized carbons (Fsp3) is 0.393. The van der Waals surface area contributed by atoms with Crippen molar-refractivity contribution >= 4 is 35.5 Å². The van der Waals surface area contributed by atoms with Crippen molar-refractivity contribution in [3.05, 3.63) is 64.7 Å². The van der Waals surface area contributed by atoms with E-state index in [2.05, 4.69) is 9.73 Å². The molecule has 2 atom stereocenters. The minimum Gasteiger partial charge on any atom is -0.493 e. The van der Waals surface area contributed by atoms with E-state index >= 15 is 0 Å². The average Bonchev–Trinajstić information content (AvgIpc) is 2.91. The number of benzene rings is 2. The number of amides is 3. The molecule has 0 aromatic heterocycles. The molecule has 1 N–H and O–H groups in total. The summed E-state index contributed by atoms with van der Waals surface area (Å²) in [5, 5.41) is 9.82. The van der Waals surface area contributed by atoms with Gasteiger partial charge in [0.2, 0.25) is 11.8 Å². The molecule has 1 aliphatic rings. The molecule has 3 amide bonds. The highest BCUT2D eigenvalue weighted by molar-refractivity contribution is 6.30. The molecule has 1 saturated heterocycles. The molecule has 1 heterocycles. The van der Waals surface area contributed by atoms with Crippen LogP contribution in [-0.4, -0.2) is 78.7 Å². The van der Waals surface area contributed by atoms with Crippen molar-refractivity contribution in [2.45, 2.75) is 32.8 Å². The highest BCUT2D eigenvalue weighted by atomic mass is 35.5. The lowest BCUT2D eigenvalue weighted by Crippen LogP contribution is -2.59. The third kappa shape index (κ3) is 9.12. The Morgan fingerprint density at radius 3 is 2.46 bits per heavy atom. The number of ether oxygens (including phenoxy) is 3. The van der Waals surface area contributed by atoms with Crippen LogP contribution in [0.25, 0.3) is 6.08 Å². The highest BCUT2D eigenvalue weighted by Gasteiger charge is 2.42. The Bertz CT molecular complexity index is 1250. The zero-order valence-electron chi connectivity index (χ0n) is 22.7. The van der Waals surface area contributed by atoms with Crippen molar-refractivity contribution in [1.82, 2.24) is 9.80 Å². The highest BCUT2D eigenvalue weighted by Crippen LogP contribution is 2.27. The molecule has 3 rings (SSSR count). The normalized spacial score (nSPS) is 18.5. The van der Waals surface area contributed by atoms with Gasteiger partial charge in [0.1, 0.15) is 17.7 Å². The average molecular weight is 598 g/mol. The van der Waals surface area contributed by atoms with E-state index in [1.807, 2.05) is 18.2 Å². The summed E-state index contributed by atoms with van der Waals surface area (Å²) >= 11 is 5.99. The van der Waals surface area contributed by atoms with Crippen molar-refractivity contribution in [2.24, 2.45) is 10.9 Å². The third-order valence-electron chi connectivity index (χ3n) is 6.03. The predicted molar refractivity (Wildman–Crippen MR) is 147 cm³/mol. The number of nitrogens with zero attached hydrogens (tertiary/aromatic N) is 3. The lowest BCUT2D eigenvalue weighted by molar-refractivity contribution is -0.274. The van der Waals surface area contributed by atoms with Gasteiger partial charge in [0.15, 0.2) is 0 Å².